The molecule has 0 fully saturated rings. The van der Waals surface area contributed by atoms with Crippen LogP contribution in [0.25, 0.3) is 0 Å². The fraction of sp³-hybridized carbons (Fsp3) is 0.125. The van der Waals surface area contributed by atoms with E-state index in [-0.39, 0.29) is 26.9 Å². The van der Waals surface area contributed by atoms with E-state index in [0.717, 1.165) is 12.1 Å². The van der Waals surface area contributed by atoms with Crippen molar-refractivity contribution in [2.24, 2.45) is 4.99 Å². The first-order valence-electron chi connectivity index (χ1n) is 6.71. The molecule has 0 aromatic heterocycles. The molecular weight excluding hydrogens is 345 g/mol. The number of benzene rings is 2. The summed E-state index contributed by atoms with van der Waals surface area (Å²) in [5.74, 6) is -2.00. The van der Waals surface area contributed by atoms with Gasteiger partial charge in [-0.05, 0) is 31.2 Å². The van der Waals surface area contributed by atoms with Crippen LogP contribution in [-0.2, 0) is 4.79 Å². The molecule has 0 bridgehead atoms. The Hall–Kier alpha value is -1.98. The van der Waals surface area contributed by atoms with Gasteiger partial charge >= 0.3 is 0 Å². The smallest absolute Gasteiger partial charge is 0.248 e. The molecule has 1 amide bonds. The number of aliphatic imine (C=N–C) groups is 1. The van der Waals surface area contributed by atoms with Crippen molar-refractivity contribution in [3.63, 3.8) is 0 Å². The minimum Gasteiger partial charge on any atom is -0.324 e. The number of benzodiazepines with no additional fused rings is 1. The van der Waals surface area contributed by atoms with Crippen molar-refractivity contribution in [1.29, 1.82) is 0 Å². The van der Waals surface area contributed by atoms with Gasteiger partial charge in [0.1, 0.15) is 17.7 Å². The molecule has 0 aliphatic carbocycles. The van der Waals surface area contributed by atoms with Gasteiger partial charge in [-0.3, -0.25) is 9.79 Å². The average Bonchev–Trinajstić information content (AvgIpc) is 2.61. The molecule has 3 nitrogen and oxygen atoms in total. The number of fused-ring (bicyclic) bond motifs is 1. The Labute approximate surface area is 140 Å². The van der Waals surface area contributed by atoms with E-state index in [1.165, 1.54) is 25.1 Å². The van der Waals surface area contributed by atoms with Gasteiger partial charge in [0.2, 0.25) is 5.91 Å². The standard InChI is InChI=1S/C16H10Cl2F2N2O/c1-7-16(23)22-11-6-5-8(17)14(18)13(11)15(21-7)12-9(19)3-2-4-10(12)20/h2-7H,1H3,(H,22,23). The van der Waals surface area contributed by atoms with Crippen LogP contribution in [0.1, 0.15) is 18.1 Å². The number of carbonyl (C=O) groups is 1. The van der Waals surface area contributed by atoms with Crippen molar-refractivity contribution in [2.75, 3.05) is 5.32 Å². The van der Waals surface area contributed by atoms with Crippen molar-refractivity contribution in [3.05, 3.63) is 63.1 Å². The second kappa shape index (κ2) is 5.91. The van der Waals surface area contributed by atoms with E-state index in [2.05, 4.69) is 10.3 Å². The van der Waals surface area contributed by atoms with Gasteiger partial charge in [-0.2, -0.15) is 0 Å². The number of halogens is 4. The Balaban J connectivity index is 2.38. The lowest BCUT2D eigenvalue weighted by molar-refractivity contribution is -0.116. The second-order valence-corrected chi connectivity index (χ2v) is 5.81. The number of anilines is 1. The van der Waals surface area contributed by atoms with Crippen LogP contribution in [0, 0.1) is 11.6 Å². The number of hydrogen-bond acceptors (Lipinski definition) is 2. The average molecular weight is 355 g/mol. The van der Waals surface area contributed by atoms with Crippen LogP contribution in [0.15, 0.2) is 35.3 Å². The lowest BCUT2D eigenvalue weighted by atomic mass is 9.99. The summed E-state index contributed by atoms with van der Waals surface area (Å²) in [6.45, 7) is 1.52. The van der Waals surface area contributed by atoms with Crippen LogP contribution < -0.4 is 5.32 Å². The van der Waals surface area contributed by atoms with Gasteiger partial charge in [0.25, 0.3) is 0 Å². The Morgan fingerprint density at radius 2 is 1.74 bits per heavy atom. The predicted molar refractivity (Wildman–Crippen MR) is 86.6 cm³/mol. The molecule has 3 rings (SSSR count). The van der Waals surface area contributed by atoms with Gasteiger partial charge in [-0.1, -0.05) is 29.3 Å². The molecule has 0 saturated heterocycles. The van der Waals surface area contributed by atoms with Gasteiger partial charge in [-0.25, -0.2) is 8.78 Å². The molecule has 1 heterocycles. The maximum atomic E-state index is 14.2. The van der Waals surface area contributed by atoms with E-state index in [1.807, 2.05) is 0 Å². The zero-order valence-electron chi connectivity index (χ0n) is 11.8. The second-order valence-electron chi connectivity index (χ2n) is 5.02. The molecule has 118 valence electrons. The highest BCUT2D eigenvalue weighted by Gasteiger charge is 2.28. The molecule has 2 aromatic carbocycles. The predicted octanol–water partition coefficient (Wildman–Crippen LogP) is 4.45. The van der Waals surface area contributed by atoms with Crippen molar-refractivity contribution in [2.45, 2.75) is 13.0 Å². The normalized spacial score (nSPS) is 17.2. The molecule has 23 heavy (non-hydrogen) atoms. The highest BCUT2D eigenvalue weighted by Crippen LogP contribution is 2.36. The van der Waals surface area contributed by atoms with Crippen LogP contribution >= 0.6 is 23.2 Å². The van der Waals surface area contributed by atoms with Gasteiger partial charge in [0.05, 0.1) is 27.0 Å². The number of nitrogens with one attached hydrogen (secondary N) is 1. The van der Waals surface area contributed by atoms with Crippen LogP contribution in [0.3, 0.4) is 0 Å². The number of hydrogen-bond donors (Lipinski definition) is 1. The van der Waals surface area contributed by atoms with Crippen molar-refractivity contribution in [1.82, 2.24) is 0 Å². The zero-order valence-corrected chi connectivity index (χ0v) is 13.3. The van der Waals surface area contributed by atoms with Crippen LogP contribution in [-0.4, -0.2) is 17.7 Å². The van der Waals surface area contributed by atoms with Crippen LogP contribution in [0.5, 0.6) is 0 Å². The Bertz CT molecular complexity index is 832. The summed E-state index contributed by atoms with van der Waals surface area (Å²) >= 11 is 12.2. The number of amides is 1. The topological polar surface area (TPSA) is 41.5 Å². The van der Waals surface area contributed by atoms with Crippen LogP contribution in [0.4, 0.5) is 14.5 Å². The quantitative estimate of drug-likeness (QED) is 0.807. The molecule has 0 spiro atoms. The van der Waals surface area contributed by atoms with Crippen molar-refractivity contribution >= 4 is 40.5 Å². The summed E-state index contributed by atoms with van der Waals surface area (Å²) in [7, 11) is 0. The zero-order chi connectivity index (χ0) is 16.7. The summed E-state index contributed by atoms with van der Waals surface area (Å²) < 4.78 is 28.4. The maximum absolute atomic E-state index is 14.2. The van der Waals surface area contributed by atoms with Gasteiger partial charge in [0, 0.05) is 5.56 Å². The number of carbonyl (C=O) groups excluding carboxylic acids is 1. The van der Waals surface area contributed by atoms with E-state index in [1.54, 1.807) is 0 Å². The third kappa shape index (κ3) is 2.71. The molecule has 1 aliphatic rings. The summed E-state index contributed by atoms with van der Waals surface area (Å²) in [5.41, 5.74) is 0.103. The van der Waals surface area contributed by atoms with Gasteiger partial charge in [0.15, 0.2) is 0 Å². The van der Waals surface area contributed by atoms with Crippen molar-refractivity contribution < 1.29 is 13.6 Å². The Morgan fingerprint density at radius 3 is 2.39 bits per heavy atom. The molecule has 1 atom stereocenters. The minimum absolute atomic E-state index is 0.0473. The summed E-state index contributed by atoms with van der Waals surface area (Å²) in [6, 6.07) is 5.65. The first-order chi connectivity index (χ1) is 10.9. The molecule has 7 heteroatoms. The molecular formula is C16H10Cl2F2N2O. The summed E-state index contributed by atoms with van der Waals surface area (Å²) in [4.78, 5) is 16.2. The molecule has 1 aliphatic heterocycles. The first-order valence-corrected chi connectivity index (χ1v) is 7.47. The number of nitrogens with zero attached hydrogens (tertiary/aromatic N) is 1. The lowest BCUT2D eigenvalue weighted by Gasteiger charge is -2.14. The fourth-order valence-corrected chi connectivity index (χ4v) is 2.77. The molecule has 1 unspecified atom stereocenters. The highest BCUT2D eigenvalue weighted by atomic mass is 35.5. The monoisotopic (exact) mass is 354 g/mol. The largest absolute Gasteiger partial charge is 0.324 e. The molecule has 0 saturated carbocycles. The third-order valence-corrected chi connectivity index (χ3v) is 4.30. The lowest BCUT2D eigenvalue weighted by Crippen LogP contribution is -2.22. The van der Waals surface area contributed by atoms with E-state index in [4.69, 9.17) is 23.2 Å². The summed E-state index contributed by atoms with van der Waals surface area (Å²) in [6.07, 6.45) is 0. The van der Waals surface area contributed by atoms with E-state index in [9.17, 15) is 13.6 Å². The van der Waals surface area contributed by atoms with E-state index in [0.29, 0.717) is 5.69 Å². The van der Waals surface area contributed by atoms with Gasteiger partial charge in [-0.15, -0.1) is 0 Å². The Kier molecular flexibility index (Phi) is 4.08. The summed E-state index contributed by atoms with van der Waals surface area (Å²) in [5, 5.41) is 2.90. The maximum Gasteiger partial charge on any atom is 0.248 e. The Morgan fingerprint density at radius 1 is 1.09 bits per heavy atom. The highest BCUT2D eigenvalue weighted by molar-refractivity contribution is 6.45. The van der Waals surface area contributed by atoms with Crippen molar-refractivity contribution in [3.8, 4) is 0 Å². The van der Waals surface area contributed by atoms with E-state index >= 15 is 0 Å². The van der Waals surface area contributed by atoms with E-state index < -0.39 is 23.6 Å². The fourth-order valence-electron chi connectivity index (χ4n) is 2.35. The third-order valence-electron chi connectivity index (χ3n) is 3.49. The molecule has 2 aromatic rings. The number of rotatable bonds is 1. The SMILES string of the molecule is CC1N=C(c2c(F)cccc2F)c2c(ccc(Cl)c2Cl)NC1=O. The minimum atomic E-state index is -0.841. The van der Waals surface area contributed by atoms with Crippen LogP contribution in [0.2, 0.25) is 10.0 Å². The first kappa shape index (κ1) is 15.9. The van der Waals surface area contributed by atoms with Gasteiger partial charge < -0.3 is 5.32 Å². The molecule has 0 radical (unpaired) electrons. The molecule has 1 N–H and O–H groups in total.